The van der Waals surface area contributed by atoms with Gasteiger partial charge in [-0.15, -0.1) is 0 Å². The number of rotatable bonds is 4. The smallest absolute Gasteiger partial charge is 0.374 e. The van der Waals surface area contributed by atoms with Crippen LogP contribution in [0.5, 0.6) is 0 Å². The summed E-state index contributed by atoms with van der Waals surface area (Å²) in [4.78, 5) is 12.4. The SMILES string of the molecule is C[C@@H]1C2=C(O)C(=O)O[C@@H](c3ccoc3)[C@@]2(C)CC[C@@H]1O[C@H]1O[C@H](CO)[C@@H](O)[C@@H](O)[C@H]1O. The summed E-state index contributed by atoms with van der Waals surface area (Å²) in [6.07, 6.45) is -4.20. The average Bonchev–Trinajstić information content (AvgIpc) is 3.27. The molecule has 0 spiro atoms. The van der Waals surface area contributed by atoms with Crippen molar-refractivity contribution in [3.8, 4) is 0 Å². The number of ether oxygens (including phenoxy) is 3. The van der Waals surface area contributed by atoms with E-state index in [2.05, 4.69) is 0 Å². The van der Waals surface area contributed by atoms with Crippen LogP contribution in [-0.4, -0.2) is 74.9 Å². The van der Waals surface area contributed by atoms with Crippen LogP contribution in [0.1, 0.15) is 38.4 Å². The van der Waals surface area contributed by atoms with E-state index in [1.807, 2.05) is 6.92 Å². The number of carbonyl (C=O) groups is 1. The Morgan fingerprint density at radius 3 is 2.61 bits per heavy atom. The van der Waals surface area contributed by atoms with E-state index in [0.29, 0.717) is 24.0 Å². The molecule has 0 amide bonds. The van der Waals surface area contributed by atoms with Gasteiger partial charge in [-0.1, -0.05) is 13.8 Å². The number of furan rings is 1. The quantitative estimate of drug-likeness (QED) is 0.412. The first-order chi connectivity index (χ1) is 14.7. The first-order valence-electron chi connectivity index (χ1n) is 10.3. The highest BCUT2D eigenvalue weighted by molar-refractivity contribution is 5.88. The molecule has 4 rings (SSSR count). The molecule has 1 saturated carbocycles. The van der Waals surface area contributed by atoms with E-state index in [-0.39, 0.29) is 0 Å². The van der Waals surface area contributed by atoms with Crippen LogP contribution in [0, 0.1) is 11.3 Å². The van der Waals surface area contributed by atoms with Gasteiger partial charge in [0.2, 0.25) is 5.76 Å². The largest absolute Gasteiger partial charge is 0.502 e. The lowest BCUT2D eigenvalue weighted by Crippen LogP contribution is -2.60. The minimum Gasteiger partial charge on any atom is -0.502 e. The Bertz CT molecular complexity index is 833. The van der Waals surface area contributed by atoms with Gasteiger partial charge >= 0.3 is 5.97 Å². The average molecular weight is 440 g/mol. The number of carbonyl (C=O) groups excluding carboxylic acids is 1. The summed E-state index contributed by atoms with van der Waals surface area (Å²) in [6.45, 7) is 3.14. The zero-order valence-electron chi connectivity index (χ0n) is 17.2. The Morgan fingerprint density at radius 1 is 1.23 bits per heavy atom. The third-order valence-corrected chi connectivity index (χ3v) is 6.83. The van der Waals surface area contributed by atoms with Crippen LogP contribution >= 0.6 is 0 Å². The Morgan fingerprint density at radius 2 is 1.97 bits per heavy atom. The maximum atomic E-state index is 12.4. The lowest BCUT2D eigenvalue weighted by atomic mass is 9.61. The Labute approximate surface area is 178 Å². The van der Waals surface area contributed by atoms with Crippen molar-refractivity contribution in [3.63, 3.8) is 0 Å². The van der Waals surface area contributed by atoms with Gasteiger partial charge in [0.15, 0.2) is 6.29 Å². The van der Waals surface area contributed by atoms with Gasteiger partial charge < -0.3 is 44.2 Å². The minimum atomic E-state index is -1.55. The van der Waals surface area contributed by atoms with E-state index in [1.165, 1.54) is 12.5 Å². The van der Waals surface area contributed by atoms with Crippen molar-refractivity contribution in [1.29, 1.82) is 0 Å². The van der Waals surface area contributed by atoms with E-state index in [9.17, 15) is 30.3 Å². The fourth-order valence-electron chi connectivity index (χ4n) is 5.09. The molecule has 2 aliphatic heterocycles. The van der Waals surface area contributed by atoms with Crippen LogP contribution in [0.15, 0.2) is 34.3 Å². The monoisotopic (exact) mass is 440 g/mol. The predicted octanol–water partition coefficient (Wildman–Crippen LogP) is 0.311. The fraction of sp³-hybridized carbons (Fsp3) is 0.667. The first-order valence-corrected chi connectivity index (χ1v) is 10.3. The summed E-state index contributed by atoms with van der Waals surface area (Å²) in [5.74, 6) is -1.75. The molecule has 0 unspecified atom stereocenters. The lowest BCUT2D eigenvalue weighted by molar-refractivity contribution is -0.316. The van der Waals surface area contributed by atoms with Crippen LogP contribution in [0.25, 0.3) is 0 Å². The highest BCUT2D eigenvalue weighted by Crippen LogP contribution is 2.56. The summed E-state index contributed by atoms with van der Waals surface area (Å²) >= 11 is 0. The molecule has 1 aliphatic carbocycles. The Balaban J connectivity index is 1.59. The third kappa shape index (κ3) is 3.57. The van der Waals surface area contributed by atoms with Gasteiger partial charge in [-0.25, -0.2) is 4.79 Å². The maximum Gasteiger partial charge on any atom is 0.374 e. The molecule has 1 aromatic rings. The second-order valence-electron chi connectivity index (χ2n) is 8.72. The van der Waals surface area contributed by atoms with Gasteiger partial charge in [-0.3, -0.25) is 0 Å². The minimum absolute atomic E-state index is 0.451. The van der Waals surface area contributed by atoms with Crippen LogP contribution in [0.2, 0.25) is 0 Å². The summed E-state index contributed by atoms with van der Waals surface area (Å²) in [7, 11) is 0. The molecule has 10 heteroatoms. The van der Waals surface area contributed by atoms with E-state index < -0.39 is 72.6 Å². The van der Waals surface area contributed by atoms with Gasteiger partial charge in [0.1, 0.15) is 30.5 Å². The van der Waals surface area contributed by atoms with Crippen molar-refractivity contribution < 1.29 is 49.0 Å². The number of aliphatic hydroxyl groups is 5. The number of esters is 1. The fourth-order valence-corrected chi connectivity index (χ4v) is 5.09. The second-order valence-corrected chi connectivity index (χ2v) is 8.72. The second kappa shape index (κ2) is 8.19. The molecule has 31 heavy (non-hydrogen) atoms. The van der Waals surface area contributed by atoms with Crippen molar-refractivity contribution in [2.75, 3.05) is 6.61 Å². The van der Waals surface area contributed by atoms with Crippen molar-refractivity contribution in [3.05, 3.63) is 35.5 Å². The predicted molar refractivity (Wildman–Crippen MR) is 102 cm³/mol. The standard InChI is InChI=1S/C21H28O10/c1-9-11(29-20-17(26)16(25)14(23)12(7-22)30-20)3-5-21(2)13(9)15(24)19(27)31-18(21)10-4-6-28-8-10/h4,6,8-9,11-12,14,16-18,20,22-26H,3,5,7H2,1-2H3/t9-,11-,12+,14+,16+,17+,18-,20-,21-/m0/s1. The van der Waals surface area contributed by atoms with Gasteiger partial charge in [0, 0.05) is 16.9 Å². The molecule has 3 aliphatic rings. The summed E-state index contributed by atoms with van der Waals surface area (Å²) in [5, 5.41) is 50.2. The van der Waals surface area contributed by atoms with Crippen molar-refractivity contribution in [2.45, 2.75) is 69.6 Å². The molecule has 3 heterocycles. The van der Waals surface area contributed by atoms with Crippen LogP contribution in [0.3, 0.4) is 0 Å². The molecule has 1 aromatic heterocycles. The molecule has 172 valence electrons. The van der Waals surface area contributed by atoms with Crippen LogP contribution in [-0.2, 0) is 19.0 Å². The maximum absolute atomic E-state index is 12.4. The Kier molecular flexibility index (Phi) is 5.88. The molecule has 0 aromatic carbocycles. The normalized spacial score (nSPS) is 43.5. The van der Waals surface area contributed by atoms with Gasteiger partial charge in [-0.05, 0) is 24.5 Å². The molecular weight excluding hydrogens is 412 g/mol. The highest BCUT2D eigenvalue weighted by atomic mass is 16.7. The van der Waals surface area contributed by atoms with Gasteiger partial charge in [0.05, 0.1) is 25.2 Å². The van der Waals surface area contributed by atoms with E-state index in [1.54, 1.807) is 13.0 Å². The topological polar surface area (TPSA) is 159 Å². The van der Waals surface area contributed by atoms with Crippen molar-refractivity contribution in [1.82, 2.24) is 0 Å². The number of cyclic esters (lactones) is 1. The van der Waals surface area contributed by atoms with Crippen LogP contribution in [0.4, 0.5) is 0 Å². The summed E-state index contributed by atoms with van der Waals surface area (Å²) in [5.41, 5.74) is 0.466. The molecule has 0 radical (unpaired) electrons. The number of hydrogen-bond acceptors (Lipinski definition) is 10. The molecule has 0 bridgehead atoms. The van der Waals surface area contributed by atoms with Crippen molar-refractivity contribution in [2.24, 2.45) is 11.3 Å². The summed E-state index contributed by atoms with van der Waals surface area (Å²) < 4.78 is 22.1. The van der Waals surface area contributed by atoms with E-state index >= 15 is 0 Å². The summed E-state index contributed by atoms with van der Waals surface area (Å²) in [6, 6.07) is 1.71. The highest BCUT2D eigenvalue weighted by Gasteiger charge is 2.55. The number of fused-ring (bicyclic) bond motifs is 1. The molecular formula is C21H28O10. The van der Waals surface area contributed by atoms with E-state index in [4.69, 9.17) is 18.6 Å². The van der Waals surface area contributed by atoms with Gasteiger partial charge in [0.25, 0.3) is 0 Å². The van der Waals surface area contributed by atoms with Crippen molar-refractivity contribution >= 4 is 5.97 Å². The first kappa shape index (κ1) is 22.3. The number of aliphatic hydroxyl groups excluding tert-OH is 5. The van der Waals surface area contributed by atoms with E-state index in [0.717, 1.165) is 0 Å². The third-order valence-electron chi connectivity index (χ3n) is 6.83. The van der Waals surface area contributed by atoms with Gasteiger partial charge in [-0.2, -0.15) is 0 Å². The molecule has 9 atom stereocenters. The molecule has 2 fully saturated rings. The lowest BCUT2D eigenvalue weighted by Gasteiger charge is -2.50. The molecule has 10 nitrogen and oxygen atoms in total. The zero-order chi connectivity index (χ0) is 22.5. The Hall–Kier alpha value is -1.95. The zero-order valence-corrected chi connectivity index (χ0v) is 17.2. The molecule has 5 N–H and O–H groups in total. The van der Waals surface area contributed by atoms with Crippen LogP contribution < -0.4 is 0 Å². The number of hydrogen-bond donors (Lipinski definition) is 5. The molecule has 1 saturated heterocycles.